The molecule has 0 radical (unpaired) electrons. The first-order valence-corrected chi connectivity index (χ1v) is 14.8. The van der Waals surface area contributed by atoms with Crippen molar-refractivity contribution in [3.63, 3.8) is 0 Å². The summed E-state index contributed by atoms with van der Waals surface area (Å²) in [6.45, 7) is 8.06. The topological polar surface area (TPSA) is 84.7 Å². The molecule has 2 aliphatic heterocycles. The summed E-state index contributed by atoms with van der Waals surface area (Å²) in [5.74, 6) is 0.757. The lowest BCUT2D eigenvalue weighted by Crippen LogP contribution is -2.50. The number of aryl methyl sites for hydroxylation is 3. The van der Waals surface area contributed by atoms with Crippen molar-refractivity contribution in [1.29, 1.82) is 0 Å². The van der Waals surface area contributed by atoms with Gasteiger partial charge in [-0.25, -0.2) is 4.98 Å². The number of aromatic nitrogens is 2. The van der Waals surface area contributed by atoms with Crippen LogP contribution in [0.1, 0.15) is 66.8 Å². The van der Waals surface area contributed by atoms with Gasteiger partial charge < -0.3 is 14.5 Å². The molecule has 1 saturated heterocycles. The minimum absolute atomic E-state index is 0.0191. The maximum atomic E-state index is 13.6. The molecule has 208 valence electrons. The average molecular weight is 551 g/mol. The van der Waals surface area contributed by atoms with Crippen LogP contribution < -0.4 is 10.3 Å². The minimum atomic E-state index is -0.559. The molecule has 1 fully saturated rings. The molecule has 0 bridgehead atoms. The number of likely N-dealkylation sites (tertiary alicyclic amines) is 1. The van der Waals surface area contributed by atoms with Crippen molar-refractivity contribution in [3.8, 4) is 5.75 Å². The van der Waals surface area contributed by atoms with Crippen molar-refractivity contribution in [1.82, 2.24) is 19.4 Å². The van der Waals surface area contributed by atoms with Gasteiger partial charge in [0.25, 0.3) is 17.4 Å². The SMILES string of the molecule is CCn1cnc2sc(C(=O)N3CCC4(CCCCc5ccccc5O[C@H](C)C(=O)N(C)C4)CC3)c(C)c2c1=O. The van der Waals surface area contributed by atoms with Gasteiger partial charge in [-0.1, -0.05) is 24.6 Å². The molecule has 4 heterocycles. The molecule has 2 aliphatic rings. The normalized spacial score (nSPS) is 20.3. The summed E-state index contributed by atoms with van der Waals surface area (Å²) in [5.41, 5.74) is 1.75. The summed E-state index contributed by atoms with van der Waals surface area (Å²) < 4.78 is 7.69. The molecule has 3 aromatic rings. The van der Waals surface area contributed by atoms with Gasteiger partial charge in [0.05, 0.1) is 16.6 Å². The smallest absolute Gasteiger partial charge is 0.264 e. The van der Waals surface area contributed by atoms with E-state index in [1.807, 2.05) is 55.8 Å². The molecule has 0 N–H and O–H groups in total. The fourth-order valence-electron chi connectivity index (χ4n) is 6.18. The summed E-state index contributed by atoms with van der Waals surface area (Å²) in [6, 6.07) is 8.01. The largest absolute Gasteiger partial charge is 0.481 e. The molecule has 0 saturated carbocycles. The van der Waals surface area contributed by atoms with E-state index in [1.54, 1.807) is 10.9 Å². The molecule has 2 amide bonds. The number of carbonyl (C=O) groups is 2. The predicted octanol–water partition coefficient (Wildman–Crippen LogP) is 4.66. The van der Waals surface area contributed by atoms with Gasteiger partial charge in [0, 0.05) is 33.2 Å². The summed E-state index contributed by atoms with van der Waals surface area (Å²) in [6.07, 6.45) is 6.74. The first-order valence-electron chi connectivity index (χ1n) is 14.0. The van der Waals surface area contributed by atoms with Crippen molar-refractivity contribution >= 4 is 33.4 Å². The number of thiophene rings is 1. The second-order valence-corrected chi connectivity index (χ2v) is 12.1. The number of para-hydroxylation sites is 1. The zero-order chi connectivity index (χ0) is 27.7. The van der Waals surface area contributed by atoms with E-state index in [0.29, 0.717) is 41.3 Å². The zero-order valence-corrected chi connectivity index (χ0v) is 24.2. The average Bonchev–Trinajstić information content (AvgIpc) is 3.28. The van der Waals surface area contributed by atoms with E-state index in [1.165, 1.54) is 11.3 Å². The Morgan fingerprint density at radius 2 is 1.90 bits per heavy atom. The Morgan fingerprint density at radius 3 is 2.64 bits per heavy atom. The van der Waals surface area contributed by atoms with E-state index in [-0.39, 0.29) is 22.8 Å². The highest BCUT2D eigenvalue weighted by Gasteiger charge is 2.39. The minimum Gasteiger partial charge on any atom is -0.481 e. The number of piperidine rings is 1. The van der Waals surface area contributed by atoms with Crippen LogP contribution in [0.2, 0.25) is 0 Å². The standard InChI is InChI=1S/C30H38N4O4S/c1-5-33-19-31-26-24(28(33)36)20(2)25(39-26)29(37)34-16-14-30(15-17-34)13-9-8-11-22-10-6-7-12-23(22)38-21(3)27(35)32(4)18-30/h6-7,10,12,19,21H,5,8-9,11,13-18H2,1-4H3/t21-/m1/s1. The summed E-state index contributed by atoms with van der Waals surface area (Å²) in [5, 5.41) is 0.554. The maximum absolute atomic E-state index is 13.6. The van der Waals surface area contributed by atoms with Gasteiger partial charge in [-0.3, -0.25) is 19.0 Å². The Hall–Kier alpha value is -3.20. The van der Waals surface area contributed by atoms with Crippen molar-refractivity contribution in [3.05, 3.63) is 57.0 Å². The molecule has 1 atom stereocenters. The number of benzene rings is 1. The molecule has 0 aliphatic carbocycles. The number of hydrogen-bond acceptors (Lipinski definition) is 6. The highest BCUT2D eigenvalue weighted by molar-refractivity contribution is 7.20. The van der Waals surface area contributed by atoms with Gasteiger partial charge >= 0.3 is 0 Å². The molecule has 5 rings (SSSR count). The van der Waals surface area contributed by atoms with Crippen LogP contribution in [0.3, 0.4) is 0 Å². The van der Waals surface area contributed by atoms with Crippen molar-refractivity contribution in [2.75, 3.05) is 26.7 Å². The summed E-state index contributed by atoms with van der Waals surface area (Å²) >= 11 is 1.31. The number of amides is 2. The highest BCUT2D eigenvalue weighted by Crippen LogP contribution is 2.39. The van der Waals surface area contributed by atoms with Crippen LogP contribution in [0.5, 0.6) is 5.75 Å². The molecular weight excluding hydrogens is 512 g/mol. The van der Waals surface area contributed by atoms with Crippen LogP contribution >= 0.6 is 11.3 Å². The van der Waals surface area contributed by atoms with Crippen LogP contribution in [-0.2, 0) is 17.8 Å². The lowest BCUT2D eigenvalue weighted by molar-refractivity contribution is -0.138. The second kappa shape index (κ2) is 11.1. The van der Waals surface area contributed by atoms with Gasteiger partial charge in [0.15, 0.2) is 6.10 Å². The van der Waals surface area contributed by atoms with Gasteiger partial charge in [0.1, 0.15) is 10.6 Å². The predicted molar refractivity (Wildman–Crippen MR) is 154 cm³/mol. The van der Waals surface area contributed by atoms with Gasteiger partial charge in [-0.15, -0.1) is 11.3 Å². The van der Waals surface area contributed by atoms with E-state index >= 15 is 0 Å². The third-order valence-electron chi connectivity index (χ3n) is 8.54. The monoisotopic (exact) mass is 550 g/mol. The molecule has 9 heteroatoms. The van der Waals surface area contributed by atoms with Crippen molar-refractivity contribution < 1.29 is 14.3 Å². The summed E-state index contributed by atoms with van der Waals surface area (Å²) in [7, 11) is 1.87. The van der Waals surface area contributed by atoms with Gasteiger partial charge in [-0.2, -0.15) is 0 Å². The van der Waals surface area contributed by atoms with Crippen LogP contribution in [0.25, 0.3) is 10.2 Å². The Balaban J connectivity index is 1.33. The fraction of sp³-hybridized carbons (Fsp3) is 0.533. The number of ether oxygens (including phenoxy) is 1. The van der Waals surface area contributed by atoms with Crippen molar-refractivity contribution in [2.45, 2.75) is 71.9 Å². The fourth-order valence-corrected chi connectivity index (χ4v) is 7.28. The number of fused-ring (bicyclic) bond motifs is 2. The van der Waals surface area contributed by atoms with E-state index in [0.717, 1.165) is 55.4 Å². The van der Waals surface area contributed by atoms with E-state index < -0.39 is 6.10 Å². The lowest BCUT2D eigenvalue weighted by Gasteiger charge is -2.44. The third-order valence-corrected chi connectivity index (χ3v) is 9.73. The number of nitrogens with zero attached hydrogens (tertiary/aromatic N) is 4. The number of rotatable bonds is 2. The Labute approximate surface area is 233 Å². The Bertz CT molecular complexity index is 1440. The number of hydrogen-bond donors (Lipinski definition) is 0. The van der Waals surface area contributed by atoms with Crippen molar-refractivity contribution in [2.24, 2.45) is 5.41 Å². The molecule has 1 spiro atoms. The maximum Gasteiger partial charge on any atom is 0.264 e. The van der Waals surface area contributed by atoms with Crippen LogP contribution in [0.4, 0.5) is 0 Å². The first kappa shape index (κ1) is 27.4. The zero-order valence-electron chi connectivity index (χ0n) is 23.4. The van der Waals surface area contributed by atoms with Gasteiger partial charge in [-0.05, 0) is 75.5 Å². The van der Waals surface area contributed by atoms with E-state index in [2.05, 4.69) is 11.1 Å². The number of carbonyl (C=O) groups excluding carboxylic acids is 2. The molecule has 0 unspecified atom stereocenters. The highest BCUT2D eigenvalue weighted by atomic mass is 32.1. The second-order valence-electron chi connectivity index (χ2n) is 11.1. The summed E-state index contributed by atoms with van der Waals surface area (Å²) in [4.78, 5) is 49.2. The van der Waals surface area contributed by atoms with Gasteiger partial charge in [0.2, 0.25) is 0 Å². The molecule has 8 nitrogen and oxygen atoms in total. The van der Waals surface area contributed by atoms with Crippen LogP contribution in [0.15, 0.2) is 35.4 Å². The quantitative estimate of drug-likeness (QED) is 0.463. The molecular formula is C30H38N4O4S. The third kappa shape index (κ3) is 5.33. The van der Waals surface area contributed by atoms with E-state index in [9.17, 15) is 14.4 Å². The lowest BCUT2D eigenvalue weighted by atomic mass is 9.73. The molecule has 39 heavy (non-hydrogen) atoms. The Morgan fingerprint density at radius 1 is 1.15 bits per heavy atom. The molecule has 2 aromatic heterocycles. The number of likely N-dealkylation sites (N-methyl/N-ethyl adjacent to an activating group) is 1. The van der Waals surface area contributed by atoms with Crippen LogP contribution in [0, 0.1) is 12.3 Å². The Kier molecular flexibility index (Phi) is 7.80. The van der Waals surface area contributed by atoms with E-state index in [4.69, 9.17) is 4.74 Å². The first-order chi connectivity index (χ1) is 18.7. The molecule has 1 aromatic carbocycles. The van der Waals surface area contributed by atoms with Crippen LogP contribution in [-0.4, -0.2) is 64.0 Å².